The zero-order valence-corrected chi connectivity index (χ0v) is 11.7. The van der Waals surface area contributed by atoms with Crippen molar-refractivity contribution in [3.05, 3.63) is 36.0 Å². The molecule has 0 spiro atoms. The maximum absolute atomic E-state index is 5.96. The van der Waals surface area contributed by atoms with Crippen LogP contribution in [0.15, 0.2) is 34.9 Å². The van der Waals surface area contributed by atoms with Crippen LogP contribution in [0.3, 0.4) is 0 Å². The van der Waals surface area contributed by atoms with Gasteiger partial charge < -0.3 is 10.3 Å². The normalized spacial score (nSPS) is 17.0. The molecular weight excluding hydrogens is 250 g/mol. The van der Waals surface area contributed by atoms with Gasteiger partial charge in [0.15, 0.2) is 0 Å². The molecule has 0 atom stereocenters. The van der Waals surface area contributed by atoms with E-state index in [2.05, 4.69) is 22.2 Å². The van der Waals surface area contributed by atoms with Gasteiger partial charge in [0.1, 0.15) is 5.69 Å². The van der Waals surface area contributed by atoms with E-state index in [0.29, 0.717) is 5.88 Å². The van der Waals surface area contributed by atoms with Crippen LogP contribution in [0.1, 0.15) is 31.4 Å². The van der Waals surface area contributed by atoms with Gasteiger partial charge in [0.2, 0.25) is 5.88 Å². The molecule has 0 bridgehead atoms. The number of likely N-dealkylation sites (tertiary alicyclic amines) is 1. The van der Waals surface area contributed by atoms with Crippen LogP contribution in [0.25, 0.3) is 11.1 Å². The second-order valence-corrected chi connectivity index (χ2v) is 5.42. The topological polar surface area (TPSA) is 55.3 Å². The number of benzene rings is 1. The average molecular weight is 271 g/mol. The quantitative estimate of drug-likeness (QED) is 0.930. The van der Waals surface area contributed by atoms with E-state index in [0.717, 1.165) is 36.5 Å². The standard InChI is InChI=1S/C16H21N3O/c17-16-15(13-8-4-3-5-9-13)14(18-20-16)12-19-10-6-1-2-7-11-19/h3-5,8-9H,1-2,6-7,10-12,17H2. The molecule has 0 radical (unpaired) electrons. The van der Waals surface area contributed by atoms with Gasteiger partial charge in [0, 0.05) is 6.54 Å². The van der Waals surface area contributed by atoms with Crippen LogP contribution >= 0.6 is 0 Å². The number of nitrogens with zero attached hydrogens (tertiary/aromatic N) is 2. The molecule has 1 fully saturated rings. The minimum absolute atomic E-state index is 0.418. The number of nitrogens with two attached hydrogens (primary N) is 1. The fourth-order valence-corrected chi connectivity index (χ4v) is 2.87. The molecule has 20 heavy (non-hydrogen) atoms. The Kier molecular flexibility index (Phi) is 4.02. The molecule has 1 aliphatic heterocycles. The fourth-order valence-electron chi connectivity index (χ4n) is 2.87. The van der Waals surface area contributed by atoms with Crippen molar-refractivity contribution in [2.75, 3.05) is 18.8 Å². The number of nitrogen functional groups attached to an aromatic ring is 1. The Morgan fingerprint density at radius 1 is 1.05 bits per heavy atom. The van der Waals surface area contributed by atoms with Crippen LogP contribution < -0.4 is 5.73 Å². The predicted octanol–water partition coefficient (Wildman–Crippen LogP) is 3.30. The van der Waals surface area contributed by atoms with Gasteiger partial charge in [-0.3, -0.25) is 4.90 Å². The summed E-state index contributed by atoms with van der Waals surface area (Å²) in [4.78, 5) is 2.46. The van der Waals surface area contributed by atoms with Crippen molar-refractivity contribution >= 4 is 5.88 Å². The van der Waals surface area contributed by atoms with Crippen molar-refractivity contribution in [3.8, 4) is 11.1 Å². The van der Waals surface area contributed by atoms with Crippen molar-refractivity contribution in [1.29, 1.82) is 0 Å². The second-order valence-electron chi connectivity index (χ2n) is 5.42. The summed E-state index contributed by atoms with van der Waals surface area (Å²) in [5.41, 5.74) is 8.95. The van der Waals surface area contributed by atoms with E-state index in [1.807, 2.05) is 18.2 Å². The first-order valence-electron chi connectivity index (χ1n) is 7.36. The Bertz CT molecular complexity index is 542. The number of hydrogen-bond donors (Lipinski definition) is 1. The molecule has 0 aliphatic carbocycles. The lowest BCUT2D eigenvalue weighted by Gasteiger charge is -2.18. The summed E-state index contributed by atoms with van der Waals surface area (Å²) < 4.78 is 5.22. The Morgan fingerprint density at radius 2 is 1.75 bits per heavy atom. The predicted molar refractivity (Wildman–Crippen MR) is 80.1 cm³/mol. The highest BCUT2D eigenvalue weighted by Gasteiger charge is 2.18. The molecule has 1 aromatic heterocycles. The van der Waals surface area contributed by atoms with E-state index in [1.165, 1.54) is 25.7 Å². The van der Waals surface area contributed by atoms with Gasteiger partial charge in [0.05, 0.1) is 5.56 Å². The van der Waals surface area contributed by atoms with Gasteiger partial charge >= 0.3 is 0 Å². The van der Waals surface area contributed by atoms with E-state index in [1.54, 1.807) is 0 Å². The molecule has 2 aromatic rings. The second kappa shape index (κ2) is 6.09. The van der Waals surface area contributed by atoms with Gasteiger partial charge in [-0.15, -0.1) is 0 Å². The highest BCUT2D eigenvalue weighted by Crippen LogP contribution is 2.30. The number of rotatable bonds is 3. The van der Waals surface area contributed by atoms with Crippen LogP contribution in [0.4, 0.5) is 5.88 Å². The number of aromatic nitrogens is 1. The first-order valence-corrected chi connectivity index (χ1v) is 7.36. The van der Waals surface area contributed by atoms with Crippen molar-refractivity contribution in [2.45, 2.75) is 32.2 Å². The molecule has 2 N–H and O–H groups in total. The molecular formula is C16H21N3O. The molecule has 1 aromatic carbocycles. The van der Waals surface area contributed by atoms with E-state index >= 15 is 0 Å². The van der Waals surface area contributed by atoms with Crippen LogP contribution in [0, 0.1) is 0 Å². The summed E-state index contributed by atoms with van der Waals surface area (Å²) in [6.45, 7) is 3.10. The largest absolute Gasteiger partial charge is 0.367 e. The van der Waals surface area contributed by atoms with Crippen molar-refractivity contribution in [3.63, 3.8) is 0 Å². The van der Waals surface area contributed by atoms with Gasteiger partial charge in [0.25, 0.3) is 0 Å². The first-order chi connectivity index (χ1) is 9.84. The SMILES string of the molecule is Nc1onc(CN2CCCCCC2)c1-c1ccccc1. The van der Waals surface area contributed by atoms with E-state index < -0.39 is 0 Å². The zero-order chi connectivity index (χ0) is 13.8. The number of anilines is 1. The van der Waals surface area contributed by atoms with Crippen LogP contribution in [0.5, 0.6) is 0 Å². The Balaban J connectivity index is 1.83. The highest BCUT2D eigenvalue weighted by atomic mass is 16.5. The van der Waals surface area contributed by atoms with Crippen LogP contribution in [0.2, 0.25) is 0 Å². The summed E-state index contributed by atoms with van der Waals surface area (Å²) in [6, 6.07) is 10.1. The van der Waals surface area contributed by atoms with E-state index in [-0.39, 0.29) is 0 Å². The van der Waals surface area contributed by atoms with Gasteiger partial charge in [-0.25, -0.2) is 0 Å². The van der Waals surface area contributed by atoms with Crippen molar-refractivity contribution in [1.82, 2.24) is 10.1 Å². The Morgan fingerprint density at radius 3 is 2.45 bits per heavy atom. The molecule has 4 nitrogen and oxygen atoms in total. The molecule has 0 amide bonds. The molecule has 106 valence electrons. The molecule has 1 saturated heterocycles. The van der Waals surface area contributed by atoms with Crippen LogP contribution in [-0.4, -0.2) is 23.1 Å². The van der Waals surface area contributed by atoms with Crippen molar-refractivity contribution in [2.24, 2.45) is 0 Å². The molecule has 4 heteroatoms. The highest BCUT2D eigenvalue weighted by molar-refractivity contribution is 5.74. The fraction of sp³-hybridized carbons (Fsp3) is 0.438. The minimum Gasteiger partial charge on any atom is -0.367 e. The van der Waals surface area contributed by atoms with Gasteiger partial charge in [-0.2, -0.15) is 0 Å². The maximum Gasteiger partial charge on any atom is 0.230 e. The number of hydrogen-bond acceptors (Lipinski definition) is 4. The van der Waals surface area contributed by atoms with E-state index in [9.17, 15) is 0 Å². The van der Waals surface area contributed by atoms with E-state index in [4.69, 9.17) is 10.3 Å². The average Bonchev–Trinajstić information content (AvgIpc) is 2.67. The Labute approximate surface area is 119 Å². The lowest BCUT2D eigenvalue weighted by atomic mass is 10.1. The lowest BCUT2D eigenvalue weighted by molar-refractivity contribution is 0.267. The summed E-state index contributed by atoms with van der Waals surface area (Å²) in [7, 11) is 0. The lowest BCUT2D eigenvalue weighted by Crippen LogP contribution is -2.24. The third-order valence-electron chi connectivity index (χ3n) is 3.92. The first kappa shape index (κ1) is 13.2. The Hall–Kier alpha value is -1.81. The third-order valence-corrected chi connectivity index (χ3v) is 3.92. The molecule has 0 saturated carbocycles. The third kappa shape index (κ3) is 2.85. The molecule has 1 aliphatic rings. The van der Waals surface area contributed by atoms with Gasteiger partial charge in [-0.1, -0.05) is 48.3 Å². The smallest absolute Gasteiger partial charge is 0.230 e. The summed E-state index contributed by atoms with van der Waals surface area (Å²) in [5, 5.41) is 4.18. The zero-order valence-electron chi connectivity index (χ0n) is 11.7. The molecule has 2 heterocycles. The molecule has 3 rings (SSSR count). The minimum atomic E-state index is 0.418. The van der Waals surface area contributed by atoms with Gasteiger partial charge in [-0.05, 0) is 31.5 Å². The monoisotopic (exact) mass is 271 g/mol. The summed E-state index contributed by atoms with van der Waals surface area (Å²) in [5.74, 6) is 0.418. The van der Waals surface area contributed by atoms with Crippen LogP contribution in [-0.2, 0) is 6.54 Å². The van der Waals surface area contributed by atoms with Crippen molar-refractivity contribution < 1.29 is 4.52 Å². The summed E-state index contributed by atoms with van der Waals surface area (Å²) in [6.07, 6.45) is 5.22. The summed E-state index contributed by atoms with van der Waals surface area (Å²) >= 11 is 0. The maximum atomic E-state index is 5.96. The molecule has 0 unspecified atom stereocenters.